The highest BCUT2D eigenvalue weighted by Crippen LogP contribution is 2.25. The van der Waals surface area contributed by atoms with Crippen molar-refractivity contribution in [1.29, 1.82) is 0 Å². The first-order chi connectivity index (χ1) is 14.3. The zero-order valence-electron chi connectivity index (χ0n) is 16.5. The topological polar surface area (TPSA) is 58.1 Å². The molecule has 1 aliphatic heterocycles. The first-order valence-electron chi connectivity index (χ1n) is 10.2. The number of carbonyl (C=O) groups is 1. The Bertz CT molecular complexity index is 922. The molecule has 3 aromatic rings. The summed E-state index contributed by atoms with van der Waals surface area (Å²) in [6.07, 6.45) is 8.62. The molecule has 0 spiro atoms. The highest BCUT2D eigenvalue weighted by atomic mass is 16.1. The summed E-state index contributed by atoms with van der Waals surface area (Å²) >= 11 is 0. The van der Waals surface area contributed by atoms with Crippen LogP contribution in [0.25, 0.3) is 0 Å². The van der Waals surface area contributed by atoms with Crippen LogP contribution in [0, 0.1) is 5.92 Å². The van der Waals surface area contributed by atoms with Crippen LogP contribution in [0.15, 0.2) is 73.2 Å². The summed E-state index contributed by atoms with van der Waals surface area (Å²) < 4.78 is 0. The molecule has 0 unspecified atom stereocenters. The van der Waals surface area contributed by atoms with Crippen LogP contribution in [0.3, 0.4) is 0 Å². The molecule has 0 bridgehead atoms. The summed E-state index contributed by atoms with van der Waals surface area (Å²) in [4.78, 5) is 23.3. The molecule has 1 fully saturated rings. The number of amides is 1. The summed E-state index contributed by atoms with van der Waals surface area (Å²) in [6, 6.07) is 18.2. The molecule has 3 heterocycles. The lowest BCUT2D eigenvalue weighted by molar-refractivity contribution is 0.0951. The first kappa shape index (κ1) is 19.1. The van der Waals surface area contributed by atoms with Crippen molar-refractivity contribution < 1.29 is 4.79 Å². The van der Waals surface area contributed by atoms with Crippen molar-refractivity contribution in [2.45, 2.75) is 25.8 Å². The van der Waals surface area contributed by atoms with Crippen molar-refractivity contribution in [3.05, 3.63) is 89.9 Å². The molecule has 148 valence electrons. The molecule has 29 heavy (non-hydrogen) atoms. The van der Waals surface area contributed by atoms with Crippen molar-refractivity contribution in [2.24, 2.45) is 5.92 Å². The molecule has 0 radical (unpaired) electrons. The van der Waals surface area contributed by atoms with Gasteiger partial charge >= 0.3 is 0 Å². The Kier molecular flexibility index (Phi) is 6.15. The fraction of sp³-hybridized carbons (Fsp3) is 0.292. The highest BCUT2D eigenvalue weighted by Gasteiger charge is 2.21. The molecule has 1 aromatic carbocycles. The maximum absolute atomic E-state index is 12.5. The van der Waals surface area contributed by atoms with Crippen LogP contribution in [0.1, 0.15) is 34.3 Å². The number of hydrogen-bond donors (Lipinski definition) is 1. The lowest BCUT2D eigenvalue weighted by Crippen LogP contribution is -2.35. The second kappa shape index (κ2) is 9.32. The predicted octanol–water partition coefficient (Wildman–Crippen LogP) is 3.87. The standard InChI is InChI=1S/C24H26N4O/c29-24(27-18-21-6-11-25-12-7-21)22-8-13-26-23(17-22)28-14-9-20(10-15-28)16-19-4-2-1-3-5-19/h1-8,11-13,17,20H,9-10,14-16,18H2,(H,27,29). The molecule has 2 aromatic heterocycles. The van der Waals surface area contributed by atoms with Gasteiger partial charge in [0.1, 0.15) is 5.82 Å². The average Bonchev–Trinajstić information content (AvgIpc) is 2.79. The molecule has 1 N–H and O–H groups in total. The van der Waals surface area contributed by atoms with Gasteiger partial charge < -0.3 is 10.2 Å². The van der Waals surface area contributed by atoms with Gasteiger partial charge in [0.25, 0.3) is 5.91 Å². The van der Waals surface area contributed by atoms with Crippen LogP contribution in [0.4, 0.5) is 5.82 Å². The number of hydrogen-bond acceptors (Lipinski definition) is 4. The molecule has 5 nitrogen and oxygen atoms in total. The number of nitrogens with zero attached hydrogens (tertiary/aromatic N) is 3. The van der Waals surface area contributed by atoms with Crippen molar-refractivity contribution in [3.8, 4) is 0 Å². The molecule has 0 atom stereocenters. The zero-order valence-corrected chi connectivity index (χ0v) is 16.5. The third-order valence-electron chi connectivity index (χ3n) is 5.52. The fourth-order valence-corrected chi connectivity index (χ4v) is 3.83. The van der Waals surface area contributed by atoms with E-state index in [1.165, 1.54) is 5.56 Å². The largest absolute Gasteiger partial charge is 0.357 e. The van der Waals surface area contributed by atoms with E-state index in [4.69, 9.17) is 0 Å². The van der Waals surface area contributed by atoms with Gasteiger partial charge in [-0.25, -0.2) is 4.98 Å². The van der Waals surface area contributed by atoms with E-state index in [0.29, 0.717) is 18.0 Å². The van der Waals surface area contributed by atoms with Crippen molar-refractivity contribution in [2.75, 3.05) is 18.0 Å². The Hall–Kier alpha value is -3.21. The van der Waals surface area contributed by atoms with E-state index < -0.39 is 0 Å². The Morgan fingerprint density at radius 1 is 0.966 bits per heavy atom. The third kappa shape index (κ3) is 5.19. The molecular weight excluding hydrogens is 360 g/mol. The molecule has 5 heteroatoms. The number of nitrogens with one attached hydrogen (secondary N) is 1. The molecule has 1 saturated heterocycles. The summed E-state index contributed by atoms with van der Waals surface area (Å²) in [5.41, 5.74) is 3.09. The molecule has 1 aliphatic rings. The molecular formula is C24H26N4O. The van der Waals surface area contributed by atoms with E-state index in [0.717, 1.165) is 43.7 Å². The highest BCUT2D eigenvalue weighted by molar-refractivity contribution is 5.94. The molecule has 1 amide bonds. The van der Waals surface area contributed by atoms with E-state index in [-0.39, 0.29) is 5.91 Å². The number of anilines is 1. The monoisotopic (exact) mass is 386 g/mol. The van der Waals surface area contributed by atoms with Gasteiger partial charge in [0.2, 0.25) is 0 Å². The normalized spacial score (nSPS) is 14.6. The lowest BCUT2D eigenvalue weighted by Gasteiger charge is -2.33. The predicted molar refractivity (Wildman–Crippen MR) is 115 cm³/mol. The van der Waals surface area contributed by atoms with E-state index >= 15 is 0 Å². The quantitative estimate of drug-likeness (QED) is 0.699. The Morgan fingerprint density at radius 2 is 1.72 bits per heavy atom. The van der Waals surface area contributed by atoms with Crippen molar-refractivity contribution >= 4 is 11.7 Å². The van der Waals surface area contributed by atoms with Crippen molar-refractivity contribution in [1.82, 2.24) is 15.3 Å². The summed E-state index contributed by atoms with van der Waals surface area (Å²) in [5.74, 6) is 1.52. The summed E-state index contributed by atoms with van der Waals surface area (Å²) in [5, 5.41) is 2.97. The van der Waals surface area contributed by atoms with Gasteiger partial charge in [0, 0.05) is 43.8 Å². The van der Waals surface area contributed by atoms with Crippen LogP contribution in [0.5, 0.6) is 0 Å². The minimum atomic E-state index is -0.0792. The Labute approximate surface area is 171 Å². The maximum atomic E-state index is 12.5. The van der Waals surface area contributed by atoms with Crippen molar-refractivity contribution in [3.63, 3.8) is 0 Å². The Balaban J connectivity index is 1.32. The SMILES string of the molecule is O=C(NCc1ccncc1)c1ccnc(N2CCC(Cc3ccccc3)CC2)c1. The van der Waals surface area contributed by atoms with Crippen LogP contribution in [-0.4, -0.2) is 29.0 Å². The van der Waals surface area contributed by atoms with Gasteiger partial charge in [-0.15, -0.1) is 0 Å². The lowest BCUT2D eigenvalue weighted by atomic mass is 9.90. The van der Waals surface area contributed by atoms with Gasteiger partial charge in [-0.2, -0.15) is 0 Å². The molecule has 0 saturated carbocycles. The summed E-state index contributed by atoms with van der Waals surface area (Å²) in [7, 11) is 0. The number of pyridine rings is 2. The smallest absolute Gasteiger partial charge is 0.251 e. The first-order valence-corrected chi connectivity index (χ1v) is 10.2. The van der Waals surface area contributed by atoms with Crippen LogP contribution in [0.2, 0.25) is 0 Å². The third-order valence-corrected chi connectivity index (χ3v) is 5.52. The number of piperidine rings is 1. The maximum Gasteiger partial charge on any atom is 0.251 e. The van der Waals surface area contributed by atoms with Gasteiger partial charge in [0.15, 0.2) is 0 Å². The van der Waals surface area contributed by atoms with Crippen LogP contribution in [-0.2, 0) is 13.0 Å². The Morgan fingerprint density at radius 3 is 2.48 bits per heavy atom. The number of aromatic nitrogens is 2. The van der Waals surface area contributed by atoms with Gasteiger partial charge in [-0.05, 0) is 60.6 Å². The second-order valence-corrected chi connectivity index (χ2v) is 7.56. The zero-order chi connectivity index (χ0) is 19.9. The number of carbonyl (C=O) groups excluding carboxylic acids is 1. The van der Waals surface area contributed by atoms with Gasteiger partial charge in [-0.3, -0.25) is 9.78 Å². The van der Waals surface area contributed by atoms with Gasteiger partial charge in [-0.1, -0.05) is 30.3 Å². The van der Waals surface area contributed by atoms with Crippen LogP contribution >= 0.6 is 0 Å². The number of rotatable bonds is 6. The minimum absolute atomic E-state index is 0.0792. The average molecular weight is 386 g/mol. The van der Waals surface area contributed by atoms with Gasteiger partial charge in [0.05, 0.1) is 0 Å². The molecule has 0 aliphatic carbocycles. The van der Waals surface area contributed by atoms with E-state index in [2.05, 4.69) is 50.5 Å². The van der Waals surface area contributed by atoms with E-state index in [1.807, 2.05) is 18.2 Å². The summed E-state index contributed by atoms with van der Waals surface area (Å²) in [6.45, 7) is 2.45. The number of benzene rings is 1. The minimum Gasteiger partial charge on any atom is -0.357 e. The fourth-order valence-electron chi connectivity index (χ4n) is 3.83. The van der Waals surface area contributed by atoms with Crippen LogP contribution < -0.4 is 10.2 Å². The second-order valence-electron chi connectivity index (χ2n) is 7.56. The molecule has 4 rings (SSSR count). The van der Waals surface area contributed by atoms with E-state index in [1.54, 1.807) is 24.7 Å². The van der Waals surface area contributed by atoms with E-state index in [9.17, 15) is 4.79 Å².